The average Bonchev–Trinajstić information content (AvgIpc) is 2.82. The lowest BCUT2D eigenvalue weighted by atomic mass is 9.88. The molecule has 0 bridgehead atoms. The second kappa shape index (κ2) is 11.3. The summed E-state index contributed by atoms with van der Waals surface area (Å²) in [6.45, 7) is 13.0. The number of nitrogens with zero attached hydrogens (tertiary/aromatic N) is 2. The monoisotopic (exact) mass is 490 g/mol. The van der Waals surface area contributed by atoms with Gasteiger partial charge in [0.05, 0.1) is 12.2 Å². The smallest absolute Gasteiger partial charge is 0.254 e. The predicted octanol–water partition coefficient (Wildman–Crippen LogP) is 3.21. The first-order valence-electron chi connectivity index (χ1n) is 12.2. The maximum Gasteiger partial charge on any atom is 0.254 e. The number of hydrogen-bond acceptors (Lipinski definition) is 6. The Bertz CT molecular complexity index is 1190. The summed E-state index contributed by atoms with van der Waals surface area (Å²) < 4.78 is 0. The highest BCUT2D eigenvalue weighted by molar-refractivity contribution is 5.98. The van der Waals surface area contributed by atoms with Crippen LogP contribution in [0.4, 0.5) is 5.69 Å². The summed E-state index contributed by atoms with van der Waals surface area (Å²) in [6.07, 6.45) is 2.32. The number of hydrogen-bond donors (Lipinski definition) is 4. The third-order valence-corrected chi connectivity index (χ3v) is 6.59. The molecule has 1 aliphatic rings. The number of benzene rings is 2. The molecule has 0 radical (unpaired) electrons. The number of allylic oxidation sites excluding steroid dienone is 1. The van der Waals surface area contributed by atoms with Gasteiger partial charge >= 0.3 is 0 Å². The predicted molar refractivity (Wildman–Crippen MR) is 145 cm³/mol. The van der Waals surface area contributed by atoms with Crippen molar-refractivity contribution >= 4 is 17.5 Å². The van der Waals surface area contributed by atoms with Crippen LogP contribution < -0.4 is 22.2 Å². The Morgan fingerprint density at radius 3 is 2.53 bits per heavy atom. The fourth-order valence-electron chi connectivity index (χ4n) is 4.61. The largest absolute Gasteiger partial charge is 0.397 e. The minimum absolute atomic E-state index is 0.0157. The van der Waals surface area contributed by atoms with Crippen LogP contribution in [0.3, 0.4) is 0 Å². The molecule has 0 aliphatic carbocycles. The maximum absolute atomic E-state index is 13.2. The molecule has 8 nitrogen and oxygen atoms in total. The van der Waals surface area contributed by atoms with Gasteiger partial charge in [0.2, 0.25) is 0 Å². The summed E-state index contributed by atoms with van der Waals surface area (Å²) in [7, 11) is 1.85. The molecule has 1 aliphatic heterocycles. The van der Waals surface area contributed by atoms with E-state index in [0.717, 1.165) is 33.5 Å². The van der Waals surface area contributed by atoms with Crippen molar-refractivity contribution < 1.29 is 9.59 Å². The van der Waals surface area contributed by atoms with Gasteiger partial charge in [-0.3, -0.25) is 9.59 Å². The molecule has 3 rings (SSSR count). The van der Waals surface area contributed by atoms with Gasteiger partial charge in [-0.1, -0.05) is 12.6 Å². The minimum atomic E-state index is -0.200. The third kappa shape index (κ3) is 6.07. The molecule has 0 spiro atoms. The second-order valence-electron chi connectivity index (χ2n) is 9.57. The van der Waals surface area contributed by atoms with E-state index in [4.69, 9.17) is 11.6 Å². The van der Waals surface area contributed by atoms with Crippen LogP contribution in [0.25, 0.3) is 0 Å². The number of anilines is 1. The van der Waals surface area contributed by atoms with Crippen LogP contribution in [-0.2, 0) is 13.0 Å². The van der Waals surface area contributed by atoms with Gasteiger partial charge in [0, 0.05) is 49.2 Å². The van der Waals surface area contributed by atoms with Crippen molar-refractivity contribution in [3.05, 3.63) is 87.8 Å². The topological polar surface area (TPSA) is 117 Å². The van der Waals surface area contributed by atoms with Gasteiger partial charge in [-0.15, -0.1) is 0 Å². The minimum Gasteiger partial charge on any atom is -0.397 e. The molecule has 2 aromatic rings. The molecule has 1 heterocycles. The van der Waals surface area contributed by atoms with E-state index >= 15 is 0 Å². The van der Waals surface area contributed by atoms with Gasteiger partial charge in [0.15, 0.2) is 0 Å². The highest BCUT2D eigenvalue weighted by Crippen LogP contribution is 2.28. The zero-order valence-electron chi connectivity index (χ0n) is 21.9. The first-order chi connectivity index (χ1) is 17.0. The molecule has 2 aromatic carbocycles. The normalized spacial score (nSPS) is 14.1. The van der Waals surface area contributed by atoms with Crippen molar-refractivity contribution in [2.45, 2.75) is 46.7 Å². The number of carbonyl (C=O) groups is 2. The Labute approximate surface area is 214 Å². The summed E-state index contributed by atoms with van der Waals surface area (Å²) in [5.74, 6) is 5.91. The summed E-state index contributed by atoms with van der Waals surface area (Å²) in [5, 5.41) is 7.58. The van der Waals surface area contributed by atoms with Gasteiger partial charge in [-0.2, -0.15) is 0 Å². The number of fused-ring (bicyclic) bond motifs is 1. The van der Waals surface area contributed by atoms with Crippen LogP contribution >= 0.6 is 0 Å². The zero-order chi connectivity index (χ0) is 26.6. The standard InChI is InChI=1S/C28H38N6O2/c1-17(2)25(29)16-34(30)14-19(4)32-27(35)26-18(3)13-22-15-33(12-11-24(22)20(26)5)28(36)21-7-9-23(31-6)10-8-21/h7-10,13,16,19,31H,1,11-12,14-15,29-30H2,2-6H3,(H,32,35)/b25-16-/t19-/m1/s1. The van der Waals surface area contributed by atoms with Crippen molar-refractivity contribution in [2.24, 2.45) is 11.6 Å². The van der Waals surface area contributed by atoms with E-state index in [1.54, 1.807) is 6.20 Å². The molecule has 0 aromatic heterocycles. The maximum atomic E-state index is 13.2. The van der Waals surface area contributed by atoms with Gasteiger partial charge in [-0.25, -0.2) is 5.84 Å². The fourth-order valence-corrected chi connectivity index (χ4v) is 4.61. The van der Waals surface area contributed by atoms with E-state index in [0.29, 0.717) is 42.9 Å². The Balaban J connectivity index is 1.72. The first-order valence-corrected chi connectivity index (χ1v) is 12.2. The highest BCUT2D eigenvalue weighted by atomic mass is 16.2. The second-order valence-corrected chi connectivity index (χ2v) is 9.57. The van der Waals surface area contributed by atoms with Gasteiger partial charge in [0.1, 0.15) is 0 Å². The van der Waals surface area contributed by atoms with Crippen LogP contribution in [0.1, 0.15) is 56.8 Å². The molecule has 0 unspecified atom stereocenters. The number of carbonyl (C=O) groups excluding carboxylic acids is 2. The number of aryl methyl sites for hydroxylation is 1. The zero-order valence-corrected chi connectivity index (χ0v) is 21.9. The highest BCUT2D eigenvalue weighted by Gasteiger charge is 2.26. The molecule has 0 fully saturated rings. The molecular formula is C28H38N6O2. The summed E-state index contributed by atoms with van der Waals surface area (Å²) >= 11 is 0. The molecule has 1 atom stereocenters. The van der Waals surface area contributed by atoms with E-state index in [-0.39, 0.29) is 17.9 Å². The van der Waals surface area contributed by atoms with E-state index in [1.807, 2.05) is 70.0 Å². The van der Waals surface area contributed by atoms with Crippen LogP contribution in [0.2, 0.25) is 0 Å². The van der Waals surface area contributed by atoms with Crippen molar-refractivity contribution in [2.75, 3.05) is 25.5 Å². The van der Waals surface area contributed by atoms with Crippen LogP contribution in [0.15, 0.2) is 54.4 Å². The third-order valence-electron chi connectivity index (χ3n) is 6.59. The van der Waals surface area contributed by atoms with E-state index < -0.39 is 0 Å². The summed E-state index contributed by atoms with van der Waals surface area (Å²) in [4.78, 5) is 28.2. The SMILES string of the molecule is C=C(C)/C(N)=C/N(N)C[C@@H](C)NC(=O)c1c(C)cc2c(c1C)CCN(C(=O)c1ccc(NC)cc1)C2. The Kier molecular flexibility index (Phi) is 8.42. The summed E-state index contributed by atoms with van der Waals surface area (Å²) in [6, 6.07) is 9.34. The van der Waals surface area contributed by atoms with E-state index in [9.17, 15) is 9.59 Å². The number of hydrazine groups is 1. The van der Waals surface area contributed by atoms with Crippen LogP contribution in [0, 0.1) is 13.8 Å². The number of rotatable bonds is 8. The quantitative estimate of drug-likeness (QED) is 0.257. The van der Waals surface area contributed by atoms with Crippen LogP contribution in [0.5, 0.6) is 0 Å². The van der Waals surface area contributed by atoms with Crippen molar-refractivity contribution in [1.82, 2.24) is 15.2 Å². The van der Waals surface area contributed by atoms with Gasteiger partial charge < -0.3 is 26.3 Å². The molecule has 8 heteroatoms. The number of amides is 2. The average molecular weight is 491 g/mol. The molecule has 2 amide bonds. The van der Waals surface area contributed by atoms with Gasteiger partial charge in [0.25, 0.3) is 11.8 Å². The van der Waals surface area contributed by atoms with Crippen LogP contribution in [-0.4, -0.2) is 47.9 Å². The van der Waals surface area contributed by atoms with Crippen molar-refractivity contribution in [3.63, 3.8) is 0 Å². The molecule has 0 saturated carbocycles. The number of nitrogens with one attached hydrogen (secondary N) is 2. The number of nitrogens with two attached hydrogens (primary N) is 2. The van der Waals surface area contributed by atoms with E-state index in [2.05, 4.69) is 17.2 Å². The fraction of sp³-hybridized carbons (Fsp3) is 0.357. The molecule has 36 heavy (non-hydrogen) atoms. The van der Waals surface area contributed by atoms with Crippen molar-refractivity contribution in [3.8, 4) is 0 Å². The summed E-state index contributed by atoms with van der Waals surface area (Å²) in [5.41, 5.74) is 13.5. The Hall–Kier alpha value is -3.78. The lowest BCUT2D eigenvalue weighted by Crippen LogP contribution is -2.43. The Morgan fingerprint density at radius 2 is 1.92 bits per heavy atom. The molecular weight excluding hydrogens is 452 g/mol. The van der Waals surface area contributed by atoms with Gasteiger partial charge in [-0.05, 0) is 86.2 Å². The lowest BCUT2D eigenvalue weighted by molar-refractivity contribution is 0.0733. The Morgan fingerprint density at radius 1 is 1.25 bits per heavy atom. The molecule has 6 N–H and O–H groups in total. The first kappa shape index (κ1) is 26.8. The van der Waals surface area contributed by atoms with Crippen molar-refractivity contribution in [1.29, 1.82) is 0 Å². The lowest BCUT2D eigenvalue weighted by Gasteiger charge is -2.31. The molecule has 192 valence electrons. The molecule has 0 saturated heterocycles. The van der Waals surface area contributed by atoms with E-state index in [1.165, 1.54) is 5.01 Å².